The maximum Gasteiger partial charge on any atom is 0.407 e. The van der Waals surface area contributed by atoms with Gasteiger partial charge >= 0.3 is 29.3 Å². The molecule has 0 aliphatic rings. The highest BCUT2D eigenvalue weighted by atomic mass is 16.6. The summed E-state index contributed by atoms with van der Waals surface area (Å²) in [5, 5.41) is 5.52. The molecule has 0 unspecified atom stereocenters. The van der Waals surface area contributed by atoms with Crippen molar-refractivity contribution in [2.45, 2.75) is 105 Å². The van der Waals surface area contributed by atoms with Crippen LogP contribution in [0.1, 0.15) is 95.2 Å². The number of alkyl carbamates (subject to hydrolysis) is 2. The van der Waals surface area contributed by atoms with Gasteiger partial charge in [-0.2, -0.15) is 0 Å². The number of aromatic nitrogens is 3. The zero-order valence-corrected chi connectivity index (χ0v) is 40.9. The van der Waals surface area contributed by atoms with Gasteiger partial charge in [-0.05, 0) is 68.5 Å². The predicted octanol–water partition coefficient (Wildman–Crippen LogP) is 7.58. The first-order valence-electron chi connectivity index (χ1n) is 24.1. The van der Waals surface area contributed by atoms with Crippen LogP contribution in [0.2, 0.25) is 0 Å². The third-order valence-electron chi connectivity index (χ3n) is 11.3. The molecule has 0 radical (unpaired) electrons. The molecule has 17 nitrogen and oxygen atoms in total. The van der Waals surface area contributed by atoms with Gasteiger partial charge in [-0.25, -0.2) is 57.6 Å². The minimum absolute atomic E-state index is 0.0716. The van der Waals surface area contributed by atoms with Crippen LogP contribution in [0.15, 0.2) is 156 Å². The Kier molecular flexibility index (Phi) is 21.0. The van der Waals surface area contributed by atoms with Crippen molar-refractivity contribution in [3.8, 4) is 0 Å². The van der Waals surface area contributed by atoms with Crippen LogP contribution >= 0.6 is 0 Å². The summed E-state index contributed by atoms with van der Waals surface area (Å²) in [5.41, 5.74) is 11.8. The highest BCUT2D eigenvalue weighted by Gasteiger charge is 2.18. The van der Waals surface area contributed by atoms with E-state index in [9.17, 15) is 24.0 Å². The number of ether oxygens (including phenoxy) is 2. The molecule has 6 rings (SSSR count). The molecular formula is C55H62N10O7. The largest absolute Gasteiger partial charge is 0.450 e. The molecule has 0 fully saturated rings. The fraction of sp³-hybridized carbons (Fsp3) is 0.327. The van der Waals surface area contributed by atoms with Crippen molar-refractivity contribution in [2.24, 2.45) is 25.7 Å². The van der Waals surface area contributed by atoms with Crippen LogP contribution in [0, 0.1) is 0 Å². The second kappa shape index (κ2) is 28.4. The van der Waals surface area contributed by atoms with E-state index in [1.54, 1.807) is 6.07 Å². The van der Waals surface area contributed by atoms with Crippen molar-refractivity contribution in [2.75, 3.05) is 13.2 Å². The first-order valence-corrected chi connectivity index (χ1v) is 24.1. The number of hydrogen-bond donors (Lipinski definition) is 3. The molecular weight excluding hydrogens is 913 g/mol. The third-order valence-corrected chi connectivity index (χ3v) is 11.3. The Hall–Kier alpha value is -8.23. The van der Waals surface area contributed by atoms with E-state index >= 15 is 0 Å². The minimum atomic E-state index is -0.749. The van der Waals surface area contributed by atoms with Gasteiger partial charge in [0.05, 0.1) is 71.0 Å². The lowest BCUT2D eigenvalue weighted by Gasteiger charge is -2.15. The number of nitrogens with one attached hydrogen (secondary N) is 2. The summed E-state index contributed by atoms with van der Waals surface area (Å²) in [5.74, 6) is 0. The molecule has 17 heteroatoms. The zero-order chi connectivity index (χ0) is 50.9. The molecule has 0 spiro atoms. The summed E-state index contributed by atoms with van der Waals surface area (Å²) in [4.78, 5) is 83.9. The monoisotopic (exact) mass is 974 g/mol. The lowest BCUT2D eigenvalue weighted by molar-refractivity contribution is 0.143. The van der Waals surface area contributed by atoms with Gasteiger partial charge < -0.3 is 25.8 Å². The Bertz CT molecular complexity index is 2910. The van der Waals surface area contributed by atoms with Gasteiger partial charge in [-0.1, -0.05) is 148 Å². The molecule has 0 aliphatic carbocycles. The van der Waals surface area contributed by atoms with Crippen molar-refractivity contribution in [3.63, 3.8) is 0 Å². The average Bonchev–Trinajstić information content (AvgIpc) is 3.39. The van der Waals surface area contributed by atoms with E-state index in [0.29, 0.717) is 56.1 Å². The van der Waals surface area contributed by atoms with Gasteiger partial charge in [0.2, 0.25) is 0 Å². The fourth-order valence-electron chi connectivity index (χ4n) is 7.50. The van der Waals surface area contributed by atoms with Crippen LogP contribution in [0.25, 0.3) is 0 Å². The van der Waals surface area contributed by atoms with E-state index in [0.717, 1.165) is 78.3 Å². The molecule has 4 N–H and O–H groups in total. The number of carbonyl (C=O) groups excluding carboxylic acids is 2. The van der Waals surface area contributed by atoms with Crippen molar-refractivity contribution < 1.29 is 19.1 Å². The molecule has 5 aromatic carbocycles. The van der Waals surface area contributed by atoms with E-state index < -0.39 is 29.3 Å². The maximum absolute atomic E-state index is 14.3. The van der Waals surface area contributed by atoms with E-state index in [1.165, 1.54) is 0 Å². The molecule has 2 amide bonds. The van der Waals surface area contributed by atoms with E-state index in [1.807, 2.05) is 129 Å². The highest BCUT2D eigenvalue weighted by Crippen LogP contribution is 2.12. The maximum atomic E-state index is 14.3. The Balaban J connectivity index is 1.14. The number of unbranched alkanes of at least 4 members (excludes halogenated alkanes) is 2. The average molecular weight is 975 g/mol. The number of nitrogens with two attached hydrogens (primary N) is 1. The van der Waals surface area contributed by atoms with E-state index in [4.69, 9.17) is 15.2 Å². The molecule has 6 aromatic rings. The van der Waals surface area contributed by atoms with E-state index in [-0.39, 0.29) is 39.3 Å². The Morgan fingerprint density at radius 2 is 0.764 bits per heavy atom. The number of aliphatic imine (C=N–C) groups is 4. The minimum Gasteiger partial charge on any atom is -0.450 e. The van der Waals surface area contributed by atoms with Crippen molar-refractivity contribution in [3.05, 3.63) is 208 Å². The summed E-state index contributed by atoms with van der Waals surface area (Å²) in [6, 6.07) is 42.9. The molecule has 0 saturated carbocycles. The van der Waals surface area contributed by atoms with Crippen LogP contribution < -0.4 is 33.4 Å². The second-order valence-electron chi connectivity index (χ2n) is 17.1. The molecule has 1 aromatic heterocycles. The van der Waals surface area contributed by atoms with Gasteiger partial charge in [0.15, 0.2) is 0 Å². The Morgan fingerprint density at radius 3 is 1.10 bits per heavy atom. The first-order chi connectivity index (χ1) is 35.1. The van der Waals surface area contributed by atoms with Crippen LogP contribution in [-0.2, 0) is 74.9 Å². The number of rotatable bonds is 25. The van der Waals surface area contributed by atoms with Gasteiger partial charge in [0, 0.05) is 19.6 Å². The molecule has 1 heterocycles. The molecule has 0 saturated heterocycles. The first kappa shape index (κ1) is 53.1. The molecule has 0 bridgehead atoms. The molecule has 0 aliphatic heterocycles. The lowest BCUT2D eigenvalue weighted by atomic mass is 10.1. The van der Waals surface area contributed by atoms with Crippen molar-refractivity contribution in [1.29, 1.82) is 0 Å². The molecule has 72 heavy (non-hydrogen) atoms. The summed E-state index contributed by atoms with van der Waals surface area (Å²) in [6.45, 7) is 6.68. The Morgan fingerprint density at radius 1 is 0.472 bits per heavy atom. The molecule has 374 valence electrons. The SMILES string of the molecule is CCCCOC(=O)NCc1cccc(CN=C=NCc2cccc(Cn3c(=O)n(Cc4cccc(CN)c4)c(=O)n(Cc4cccc(CN=C=NCc5cccc(CNC(=O)OCCCC)c5)c4)c3=O)c2)c1. The van der Waals surface area contributed by atoms with Crippen LogP contribution in [-0.4, -0.2) is 51.1 Å². The summed E-state index contributed by atoms with van der Waals surface area (Å²) < 4.78 is 13.6. The van der Waals surface area contributed by atoms with Gasteiger partial charge in [-0.15, -0.1) is 0 Å². The summed E-state index contributed by atoms with van der Waals surface area (Å²) >= 11 is 0. The number of amides is 2. The smallest absolute Gasteiger partial charge is 0.407 e. The van der Waals surface area contributed by atoms with E-state index in [2.05, 4.69) is 42.6 Å². The number of hydrogen-bond acceptors (Lipinski definition) is 12. The quantitative estimate of drug-likeness (QED) is 0.0383. The Labute approximate surface area is 418 Å². The summed E-state index contributed by atoms with van der Waals surface area (Å²) in [6.07, 6.45) is 2.63. The topological polar surface area (TPSA) is 218 Å². The normalized spacial score (nSPS) is 10.7. The van der Waals surface area contributed by atoms with Gasteiger partial charge in [0.25, 0.3) is 0 Å². The van der Waals surface area contributed by atoms with Crippen molar-refractivity contribution >= 4 is 24.2 Å². The molecule has 0 atom stereocenters. The highest BCUT2D eigenvalue weighted by molar-refractivity contribution is 5.67. The second-order valence-corrected chi connectivity index (χ2v) is 17.1. The number of nitrogens with zero attached hydrogens (tertiary/aromatic N) is 7. The van der Waals surface area contributed by atoms with Gasteiger partial charge in [0.1, 0.15) is 0 Å². The standard InChI is InChI=1S/C55H62N10O7/c1-3-5-22-71-51(66)61-34-46-17-8-13-42(25-46)30-57-39-59-32-44-15-10-20-49(27-44)37-64-53(68)63(36-48-19-7-12-41(24-48)29-56)54(69)65(55(64)70)38-50-21-11-16-45(28-50)33-60-40-58-31-43-14-9-18-47(26-43)35-62-52(67)72-23-6-4-2/h7-21,24-28H,3-6,22-23,29-38,56H2,1-2H3,(H,61,66)(H,62,67). The zero-order valence-electron chi connectivity index (χ0n) is 40.9. The van der Waals surface area contributed by atoms with Crippen LogP contribution in [0.4, 0.5) is 9.59 Å². The van der Waals surface area contributed by atoms with Crippen LogP contribution in [0.3, 0.4) is 0 Å². The third kappa shape index (κ3) is 17.0. The number of carbonyl (C=O) groups is 2. The van der Waals surface area contributed by atoms with Gasteiger partial charge in [-0.3, -0.25) is 0 Å². The fourth-order valence-corrected chi connectivity index (χ4v) is 7.50. The predicted molar refractivity (Wildman–Crippen MR) is 277 cm³/mol. The van der Waals surface area contributed by atoms with Crippen molar-refractivity contribution in [1.82, 2.24) is 24.3 Å². The summed E-state index contributed by atoms with van der Waals surface area (Å²) in [7, 11) is 0. The number of benzene rings is 5. The lowest BCUT2D eigenvalue weighted by Crippen LogP contribution is -2.54. The van der Waals surface area contributed by atoms with Crippen LogP contribution in [0.5, 0.6) is 0 Å².